The van der Waals surface area contributed by atoms with E-state index in [1.165, 1.54) is 6.42 Å². The zero-order chi connectivity index (χ0) is 19.8. The van der Waals surface area contributed by atoms with Crippen LogP contribution in [0.15, 0.2) is 0 Å². The summed E-state index contributed by atoms with van der Waals surface area (Å²) in [5, 5.41) is 3.30. The minimum atomic E-state index is -0.314. The van der Waals surface area contributed by atoms with Gasteiger partial charge in [0, 0.05) is 36.9 Å². The Morgan fingerprint density at radius 1 is 1.22 bits per heavy atom. The molecule has 5 nitrogen and oxygen atoms in total. The van der Waals surface area contributed by atoms with Gasteiger partial charge >= 0.3 is 0 Å². The Labute approximate surface area is 164 Å². The molecule has 154 valence electrons. The van der Waals surface area contributed by atoms with Gasteiger partial charge in [0.1, 0.15) is 0 Å². The molecule has 3 rings (SSSR count). The Kier molecular flexibility index (Phi) is 5.90. The highest BCUT2D eigenvalue weighted by atomic mass is 16.5. The van der Waals surface area contributed by atoms with Crippen LogP contribution < -0.4 is 5.32 Å². The molecular formula is C22H38N2O3. The fraction of sp³-hybridized carbons (Fsp3) is 0.909. The molecule has 0 aromatic rings. The molecule has 3 aliphatic rings. The van der Waals surface area contributed by atoms with Crippen molar-refractivity contribution in [1.29, 1.82) is 0 Å². The lowest BCUT2D eigenvalue weighted by atomic mass is 9.66. The summed E-state index contributed by atoms with van der Waals surface area (Å²) in [5.41, 5.74) is -0.402. The zero-order valence-corrected chi connectivity index (χ0v) is 17.8. The van der Waals surface area contributed by atoms with Crippen LogP contribution in [-0.4, -0.2) is 48.6 Å². The van der Waals surface area contributed by atoms with Crippen molar-refractivity contribution in [1.82, 2.24) is 10.2 Å². The van der Waals surface area contributed by atoms with E-state index in [1.54, 1.807) is 0 Å². The first-order chi connectivity index (χ1) is 12.6. The summed E-state index contributed by atoms with van der Waals surface area (Å²) in [5.74, 6) is 1.34. The minimum absolute atomic E-state index is 0.0332. The molecule has 0 spiro atoms. The van der Waals surface area contributed by atoms with Crippen LogP contribution in [0.1, 0.15) is 73.1 Å². The Balaban J connectivity index is 1.51. The normalized spacial score (nSPS) is 30.6. The van der Waals surface area contributed by atoms with Crippen LogP contribution in [0, 0.1) is 22.7 Å². The number of hydrogen-bond donors (Lipinski definition) is 1. The van der Waals surface area contributed by atoms with Gasteiger partial charge in [-0.3, -0.25) is 9.59 Å². The highest BCUT2D eigenvalue weighted by molar-refractivity contribution is 5.83. The van der Waals surface area contributed by atoms with E-state index < -0.39 is 0 Å². The molecule has 0 bridgehead atoms. The maximum Gasteiger partial charge on any atom is 0.226 e. The van der Waals surface area contributed by atoms with Crippen LogP contribution in [0.3, 0.4) is 0 Å². The average molecular weight is 379 g/mol. The molecule has 2 amide bonds. The van der Waals surface area contributed by atoms with Crippen molar-refractivity contribution in [3.63, 3.8) is 0 Å². The number of nitrogens with zero attached hydrogens (tertiary/aromatic N) is 1. The predicted octanol–water partition coefficient (Wildman–Crippen LogP) is 3.37. The van der Waals surface area contributed by atoms with Crippen molar-refractivity contribution in [2.24, 2.45) is 22.7 Å². The lowest BCUT2D eigenvalue weighted by Gasteiger charge is -2.40. The van der Waals surface area contributed by atoms with Gasteiger partial charge in [-0.05, 0) is 44.4 Å². The average Bonchev–Trinajstić information content (AvgIpc) is 2.78. The van der Waals surface area contributed by atoms with Gasteiger partial charge in [-0.1, -0.05) is 34.1 Å². The maximum atomic E-state index is 12.9. The summed E-state index contributed by atoms with van der Waals surface area (Å²) >= 11 is 0. The molecule has 5 heteroatoms. The molecule has 3 fully saturated rings. The topological polar surface area (TPSA) is 58.6 Å². The van der Waals surface area contributed by atoms with Crippen LogP contribution in [0.5, 0.6) is 0 Å². The molecule has 2 saturated carbocycles. The van der Waals surface area contributed by atoms with Crippen LogP contribution >= 0.6 is 0 Å². The van der Waals surface area contributed by atoms with E-state index in [-0.39, 0.29) is 28.7 Å². The van der Waals surface area contributed by atoms with E-state index in [1.807, 2.05) is 11.8 Å². The van der Waals surface area contributed by atoms with Gasteiger partial charge in [-0.15, -0.1) is 0 Å². The second-order valence-corrected chi connectivity index (χ2v) is 10.3. The third kappa shape index (κ3) is 4.33. The van der Waals surface area contributed by atoms with E-state index in [0.29, 0.717) is 30.9 Å². The first-order valence-corrected chi connectivity index (χ1v) is 10.8. The van der Waals surface area contributed by atoms with Gasteiger partial charge in [-0.2, -0.15) is 0 Å². The summed E-state index contributed by atoms with van der Waals surface area (Å²) in [7, 11) is 0. The smallest absolute Gasteiger partial charge is 0.226 e. The van der Waals surface area contributed by atoms with Gasteiger partial charge in [0.05, 0.1) is 12.1 Å². The molecule has 1 saturated heterocycles. The van der Waals surface area contributed by atoms with Gasteiger partial charge in [0.15, 0.2) is 0 Å². The van der Waals surface area contributed by atoms with Crippen molar-refractivity contribution in [2.75, 3.05) is 19.7 Å². The van der Waals surface area contributed by atoms with Gasteiger partial charge in [0.2, 0.25) is 11.8 Å². The van der Waals surface area contributed by atoms with E-state index in [2.05, 4.69) is 33.0 Å². The quantitative estimate of drug-likeness (QED) is 0.739. The summed E-state index contributed by atoms with van der Waals surface area (Å²) < 4.78 is 5.60. The van der Waals surface area contributed by atoms with Crippen LogP contribution in [0.25, 0.3) is 0 Å². The monoisotopic (exact) mass is 378 g/mol. The lowest BCUT2D eigenvalue weighted by molar-refractivity contribution is -0.136. The number of carbonyl (C=O) groups is 2. The van der Waals surface area contributed by atoms with Crippen LogP contribution in [-0.2, 0) is 14.3 Å². The number of nitrogens with one attached hydrogen (secondary N) is 1. The number of carbonyl (C=O) groups excluding carboxylic acids is 2. The SMILES string of the molecule is CCOC1CC(CC(=O)N2CC(NC(=O)C(C)(C)C3CCC3)C(C)(C)C2)C1. The molecule has 2 aliphatic carbocycles. The van der Waals surface area contributed by atoms with E-state index in [0.717, 1.165) is 38.8 Å². The predicted molar refractivity (Wildman–Crippen MR) is 106 cm³/mol. The Morgan fingerprint density at radius 3 is 2.44 bits per heavy atom. The van der Waals surface area contributed by atoms with Crippen molar-refractivity contribution in [3.05, 3.63) is 0 Å². The highest BCUT2D eigenvalue weighted by Gasteiger charge is 2.46. The summed E-state index contributed by atoms with van der Waals surface area (Å²) in [4.78, 5) is 27.7. The molecule has 1 heterocycles. The molecule has 1 unspecified atom stereocenters. The molecular weight excluding hydrogens is 340 g/mol. The van der Waals surface area contributed by atoms with Crippen molar-refractivity contribution in [2.45, 2.75) is 85.3 Å². The van der Waals surface area contributed by atoms with Gasteiger partial charge in [0.25, 0.3) is 0 Å². The molecule has 0 aromatic heterocycles. The Hall–Kier alpha value is -1.10. The third-order valence-electron chi connectivity index (χ3n) is 7.37. The molecule has 0 radical (unpaired) electrons. The summed E-state index contributed by atoms with van der Waals surface area (Å²) in [6.07, 6.45) is 6.53. The maximum absolute atomic E-state index is 12.9. The largest absolute Gasteiger partial charge is 0.378 e. The number of amides is 2. The molecule has 1 N–H and O–H groups in total. The van der Waals surface area contributed by atoms with E-state index >= 15 is 0 Å². The Bertz CT molecular complexity index is 562. The molecule has 1 aliphatic heterocycles. The van der Waals surface area contributed by atoms with Crippen molar-refractivity contribution in [3.8, 4) is 0 Å². The van der Waals surface area contributed by atoms with Crippen LogP contribution in [0.2, 0.25) is 0 Å². The Morgan fingerprint density at radius 2 is 1.89 bits per heavy atom. The molecule has 1 atom stereocenters. The third-order valence-corrected chi connectivity index (χ3v) is 7.37. The first kappa shape index (κ1) is 20.6. The van der Waals surface area contributed by atoms with Crippen LogP contribution in [0.4, 0.5) is 0 Å². The number of likely N-dealkylation sites (tertiary alicyclic amines) is 1. The zero-order valence-electron chi connectivity index (χ0n) is 17.8. The molecule has 0 aromatic carbocycles. The standard InChI is InChI=1S/C22H38N2O3/c1-6-27-17-10-15(11-17)12-19(25)24-13-18(21(2,3)14-24)23-20(26)22(4,5)16-8-7-9-16/h15-18H,6-14H2,1-5H3,(H,23,26). The number of rotatable bonds is 7. The summed E-state index contributed by atoms with van der Waals surface area (Å²) in [6, 6.07) is 0.0332. The highest BCUT2D eigenvalue weighted by Crippen LogP contribution is 2.42. The second kappa shape index (κ2) is 7.73. The molecule has 27 heavy (non-hydrogen) atoms. The minimum Gasteiger partial charge on any atom is -0.378 e. The van der Waals surface area contributed by atoms with Gasteiger partial charge < -0.3 is 15.0 Å². The van der Waals surface area contributed by atoms with E-state index in [9.17, 15) is 9.59 Å². The van der Waals surface area contributed by atoms with Crippen molar-refractivity contribution < 1.29 is 14.3 Å². The fourth-order valence-corrected chi connectivity index (χ4v) is 4.81. The summed E-state index contributed by atoms with van der Waals surface area (Å²) in [6.45, 7) is 12.6. The van der Waals surface area contributed by atoms with Crippen molar-refractivity contribution >= 4 is 11.8 Å². The van der Waals surface area contributed by atoms with Gasteiger partial charge in [-0.25, -0.2) is 0 Å². The first-order valence-electron chi connectivity index (χ1n) is 10.8. The lowest BCUT2D eigenvalue weighted by Crippen LogP contribution is -2.52. The fourth-order valence-electron chi connectivity index (χ4n) is 4.81. The van der Waals surface area contributed by atoms with E-state index in [4.69, 9.17) is 4.74 Å². The number of ether oxygens (including phenoxy) is 1. The second-order valence-electron chi connectivity index (χ2n) is 10.3. The number of hydrogen-bond acceptors (Lipinski definition) is 3.